The highest BCUT2D eigenvalue weighted by molar-refractivity contribution is 5.46. The molecule has 1 unspecified atom stereocenters. The number of benzene rings is 1. The predicted octanol–water partition coefficient (Wildman–Crippen LogP) is 1.00. The van der Waals surface area contributed by atoms with E-state index in [0.717, 1.165) is 12.3 Å². The Balaban J connectivity index is 1.44. The molecule has 2 aliphatic rings. The Morgan fingerprint density at radius 2 is 2.00 bits per heavy atom. The van der Waals surface area contributed by atoms with Gasteiger partial charge in [0.25, 0.3) is 0 Å². The molecule has 5 nitrogen and oxygen atoms in total. The monoisotopic (exact) mass is 308 g/mol. The second-order valence-electron chi connectivity index (χ2n) is 6.37. The molecule has 0 amide bonds. The van der Waals surface area contributed by atoms with Crippen LogP contribution in [-0.4, -0.2) is 44.2 Å². The highest BCUT2D eigenvalue weighted by Crippen LogP contribution is 2.35. The molecule has 1 aromatic rings. The Morgan fingerprint density at radius 3 is 2.82 bits per heavy atom. The minimum absolute atomic E-state index is 0.261. The first-order valence-electron chi connectivity index (χ1n) is 8.25. The molecule has 122 valence electrons. The summed E-state index contributed by atoms with van der Waals surface area (Å²) in [7, 11) is 2.18. The van der Waals surface area contributed by atoms with Crippen molar-refractivity contribution in [2.24, 2.45) is 0 Å². The topological polar surface area (TPSA) is 52.4 Å². The van der Waals surface area contributed by atoms with Gasteiger partial charge in [-0.2, -0.15) is 0 Å². The number of ether oxygens (including phenoxy) is 3. The van der Waals surface area contributed by atoms with Crippen molar-refractivity contribution in [2.45, 2.75) is 44.2 Å². The van der Waals surface area contributed by atoms with E-state index in [2.05, 4.69) is 7.05 Å². The standard InChI is InChI=1S/C17H25NO4/c1-18(13-5-3-2-4-6-13)10-14(19)11-20-15-7-8-16-17(9-15)22-12-21-16/h7-9,13-14,19H,2-6,10-12H2,1H3/p+1/t14-/m1/s1. The van der Waals surface area contributed by atoms with Crippen LogP contribution >= 0.6 is 0 Å². The first-order chi connectivity index (χ1) is 10.7. The fourth-order valence-corrected chi connectivity index (χ4v) is 3.35. The van der Waals surface area contributed by atoms with Gasteiger partial charge in [0.15, 0.2) is 11.5 Å². The van der Waals surface area contributed by atoms with Gasteiger partial charge in [0.05, 0.1) is 13.1 Å². The van der Waals surface area contributed by atoms with Gasteiger partial charge in [0, 0.05) is 6.07 Å². The maximum Gasteiger partial charge on any atom is 0.231 e. The quantitative estimate of drug-likeness (QED) is 0.823. The second-order valence-corrected chi connectivity index (χ2v) is 6.37. The van der Waals surface area contributed by atoms with Gasteiger partial charge in [-0.05, 0) is 37.8 Å². The van der Waals surface area contributed by atoms with E-state index in [-0.39, 0.29) is 6.79 Å². The predicted molar refractivity (Wildman–Crippen MR) is 82.7 cm³/mol. The molecule has 2 N–H and O–H groups in total. The largest absolute Gasteiger partial charge is 0.491 e. The fraction of sp³-hybridized carbons (Fsp3) is 0.647. The van der Waals surface area contributed by atoms with Crippen LogP contribution in [-0.2, 0) is 0 Å². The van der Waals surface area contributed by atoms with Crippen LogP contribution in [0.1, 0.15) is 32.1 Å². The van der Waals surface area contributed by atoms with Crippen LogP contribution in [0.15, 0.2) is 18.2 Å². The highest BCUT2D eigenvalue weighted by atomic mass is 16.7. The fourth-order valence-electron chi connectivity index (χ4n) is 3.35. The summed E-state index contributed by atoms with van der Waals surface area (Å²) in [4.78, 5) is 1.42. The van der Waals surface area contributed by atoms with Gasteiger partial charge < -0.3 is 24.2 Å². The van der Waals surface area contributed by atoms with E-state index in [9.17, 15) is 5.11 Å². The lowest BCUT2D eigenvalue weighted by Crippen LogP contribution is -3.14. The summed E-state index contributed by atoms with van der Waals surface area (Å²) in [5.74, 6) is 2.16. The van der Waals surface area contributed by atoms with E-state index in [1.54, 1.807) is 0 Å². The van der Waals surface area contributed by atoms with E-state index < -0.39 is 6.10 Å². The molecule has 1 aliphatic heterocycles. The van der Waals surface area contributed by atoms with Crippen molar-refractivity contribution in [1.82, 2.24) is 0 Å². The Kier molecular flexibility index (Phi) is 5.05. The third-order valence-electron chi connectivity index (χ3n) is 4.65. The minimum Gasteiger partial charge on any atom is -0.491 e. The second kappa shape index (κ2) is 7.20. The van der Waals surface area contributed by atoms with Crippen molar-refractivity contribution < 1.29 is 24.2 Å². The molecule has 5 heteroatoms. The van der Waals surface area contributed by atoms with Crippen LogP contribution in [0.3, 0.4) is 0 Å². The molecular weight excluding hydrogens is 282 g/mol. The molecular formula is C17H26NO4+. The third-order valence-corrected chi connectivity index (χ3v) is 4.65. The van der Waals surface area contributed by atoms with Gasteiger partial charge in [-0.25, -0.2) is 0 Å². The smallest absolute Gasteiger partial charge is 0.231 e. The number of quaternary nitrogens is 1. The lowest BCUT2D eigenvalue weighted by Gasteiger charge is -2.29. The van der Waals surface area contributed by atoms with Crippen LogP contribution in [0, 0.1) is 0 Å². The zero-order valence-electron chi connectivity index (χ0n) is 13.2. The summed E-state index contributed by atoms with van der Waals surface area (Å²) in [6, 6.07) is 6.18. The average molecular weight is 308 g/mol. The SMILES string of the molecule is C[NH+](C[C@@H](O)COc1ccc2c(c1)OCO2)C1CCCCC1. The first kappa shape index (κ1) is 15.4. The number of aliphatic hydroxyl groups is 1. The number of hydrogen-bond donors (Lipinski definition) is 2. The summed E-state index contributed by atoms with van der Waals surface area (Å²) < 4.78 is 16.3. The molecule has 0 bridgehead atoms. The molecule has 22 heavy (non-hydrogen) atoms. The summed E-state index contributed by atoms with van der Waals surface area (Å²) in [6.45, 7) is 1.30. The maximum absolute atomic E-state index is 10.2. The minimum atomic E-state index is -0.452. The van der Waals surface area contributed by atoms with Crippen LogP contribution in [0.5, 0.6) is 17.2 Å². The number of aliphatic hydroxyl groups excluding tert-OH is 1. The molecule has 0 radical (unpaired) electrons. The van der Waals surface area contributed by atoms with Crippen molar-refractivity contribution >= 4 is 0 Å². The number of nitrogens with one attached hydrogen (secondary N) is 1. The number of rotatable bonds is 6. The normalized spacial score (nSPS) is 20.6. The summed E-state index contributed by atoms with van der Waals surface area (Å²) in [5, 5.41) is 10.2. The van der Waals surface area contributed by atoms with E-state index in [1.165, 1.54) is 37.0 Å². The van der Waals surface area contributed by atoms with Gasteiger partial charge in [-0.3, -0.25) is 0 Å². The van der Waals surface area contributed by atoms with Gasteiger partial charge in [0.2, 0.25) is 6.79 Å². The van der Waals surface area contributed by atoms with Gasteiger partial charge >= 0.3 is 0 Å². The Bertz CT molecular complexity index is 488. The van der Waals surface area contributed by atoms with E-state index in [1.807, 2.05) is 18.2 Å². The average Bonchev–Trinajstić information content (AvgIpc) is 3.01. The van der Waals surface area contributed by atoms with Gasteiger partial charge in [0.1, 0.15) is 25.0 Å². The lowest BCUT2D eigenvalue weighted by atomic mass is 9.94. The van der Waals surface area contributed by atoms with Crippen LogP contribution in [0.25, 0.3) is 0 Å². The Hall–Kier alpha value is -1.46. The van der Waals surface area contributed by atoms with Crippen molar-refractivity contribution in [2.75, 3.05) is 27.0 Å². The van der Waals surface area contributed by atoms with E-state index >= 15 is 0 Å². The molecule has 3 rings (SSSR count). The van der Waals surface area contributed by atoms with Crippen LogP contribution < -0.4 is 19.1 Å². The lowest BCUT2D eigenvalue weighted by molar-refractivity contribution is -0.910. The maximum atomic E-state index is 10.2. The molecule has 0 saturated heterocycles. The van der Waals surface area contributed by atoms with Crippen molar-refractivity contribution in [3.8, 4) is 17.2 Å². The number of hydrogen-bond acceptors (Lipinski definition) is 4. The van der Waals surface area contributed by atoms with Crippen molar-refractivity contribution in [1.29, 1.82) is 0 Å². The Morgan fingerprint density at radius 1 is 1.23 bits per heavy atom. The summed E-state index contributed by atoms with van der Waals surface area (Å²) in [6.07, 6.45) is 6.12. The molecule has 1 aliphatic carbocycles. The molecule has 0 aromatic heterocycles. The summed E-state index contributed by atoms with van der Waals surface area (Å²) in [5.41, 5.74) is 0. The molecule has 2 atom stereocenters. The molecule has 1 heterocycles. The number of likely N-dealkylation sites (N-methyl/N-ethyl adjacent to an activating group) is 1. The molecule has 1 fully saturated rings. The highest BCUT2D eigenvalue weighted by Gasteiger charge is 2.23. The van der Waals surface area contributed by atoms with Crippen LogP contribution in [0.4, 0.5) is 0 Å². The summed E-state index contributed by atoms with van der Waals surface area (Å²) >= 11 is 0. The number of fused-ring (bicyclic) bond motifs is 1. The van der Waals surface area contributed by atoms with Crippen LogP contribution in [0.2, 0.25) is 0 Å². The molecule has 0 spiro atoms. The third kappa shape index (κ3) is 3.84. The zero-order chi connectivity index (χ0) is 15.4. The zero-order valence-corrected chi connectivity index (χ0v) is 13.2. The first-order valence-corrected chi connectivity index (χ1v) is 8.25. The van der Waals surface area contributed by atoms with Crippen molar-refractivity contribution in [3.05, 3.63) is 18.2 Å². The van der Waals surface area contributed by atoms with E-state index in [0.29, 0.717) is 24.1 Å². The molecule has 1 aromatic carbocycles. The van der Waals surface area contributed by atoms with E-state index in [4.69, 9.17) is 14.2 Å². The van der Waals surface area contributed by atoms with Crippen molar-refractivity contribution in [3.63, 3.8) is 0 Å². The Labute approximate surface area is 131 Å². The molecule has 1 saturated carbocycles. The van der Waals surface area contributed by atoms with Gasteiger partial charge in [-0.15, -0.1) is 0 Å². The van der Waals surface area contributed by atoms with Gasteiger partial charge in [-0.1, -0.05) is 6.42 Å².